The number of nitro groups is 1. The maximum absolute atomic E-state index is 12.3. The lowest BCUT2D eigenvalue weighted by molar-refractivity contribution is -0.384. The van der Waals surface area contributed by atoms with Crippen LogP contribution in [-0.2, 0) is 9.59 Å². The summed E-state index contributed by atoms with van der Waals surface area (Å²) in [4.78, 5) is 59.2. The monoisotopic (exact) mass is 390 g/mol. The molecule has 0 atom stereocenters. The Bertz CT molecular complexity index is 843. The lowest BCUT2D eigenvalue weighted by atomic mass is 9.92. The molecule has 0 bridgehead atoms. The Balaban J connectivity index is 1.86. The lowest BCUT2D eigenvalue weighted by Crippen LogP contribution is -2.42. The van der Waals surface area contributed by atoms with Crippen LogP contribution in [0.15, 0.2) is 18.2 Å². The van der Waals surface area contributed by atoms with E-state index in [9.17, 15) is 29.3 Å². The van der Waals surface area contributed by atoms with Crippen LogP contribution in [0.25, 0.3) is 0 Å². The Hall–Kier alpha value is -3.30. The molecule has 10 heteroatoms. The molecule has 2 N–H and O–H groups in total. The first-order valence-corrected chi connectivity index (χ1v) is 8.67. The van der Waals surface area contributed by atoms with Gasteiger partial charge < -0.3 is 10.6 Å². The van der Waals surface area contributed by atoms with Crippen LogP contribution in [0.2, 0.25) is 0 Å². The summed E-state index contributed by atoms with van der Waals surface area (Å²) in [7, 11) is 0. The van der Waals surface area contributed by atoms with E-state index in [0.717, 1.165) is 17.0 Å². The fraction of sp³-hybridized carbons (Fsp3) is 0.444. The van der Waals surface area contributed by atoms with Gasteiger partial charge >= 0.3 is 0 Å². The number of nitro benzene ring substituents is 1. The van der Waals surface area contributed by atoms with E-state index < -0.39 is 29.2 Å². The molecule has 0 aromatic heterocycles. The summed E-state index contributed by atoms with van der Waals surface area (Å²) in [6, 6.07) is 3.36. The Morgan fingerprint density at radius 2 is 1.61 bits per heavy atom. The van der Waals surface area contributed by atoms with Crippen LogP contribution >= 0.6 is 0 Å². The van der Waals surface area contributed by atoms with Crippen molar-refractivity contribution in [2.24, 2.45) is 5.41 Å². The third kappa shape index (κ3) is 5.12. The Morgan fingerprint density at radius 3 is 2.18 bits per heavy atom. The SMILES string of the molecule is CC(C)(C)CC(=O)NCCNC(=O)CN1C(=O)c2ccc([N+](=O)[O-])cc2C1=O. The number of carbonyl (C=O) groups is 4. The number of hydrogen-bond donors (Lipinski definition) is 2. The van der Waals surface area contributed by atoms with Crippen molar-refractivity contribution >= 4 is 29.3 Å². The number of non-ortho nitro benzene ring substituents is 1. The second kappa shape index (κ2) is 8.15. The van der Waals surface area contributed by atoms with E-state index in [1.807, 2.05) is 20.8 Å². The quantitative estimate of drug-likeness (QED) is 0.306. The summed E-state index contributed by atoms with van der Waals surface area (Å²) >= 11 is 0. The number of fused-ring (bicyclic) bond motifs is 1. The normalized spacial score (nSPS) is 13.3. The number of nitrogens with one attached hydrogen (secondary N) is 2. The largest absolute Gasteiger partial charge is 0.354 e. The summed E-state index contributed by atoms with van der Waals surface area (Å²) in [6.07, 6.45) is 0.349. The molecule has 1 aromatic carbocycles. The Labute approximate surface area is 161 Å². The molecule has 0 saturated carbocycles. The van der Waals surface area contributed by atoms with E-state index >= 15 is 0 Å². The second-order valence-corrected chi connectivity index (χ2v) is 7.62. The third-order valence-corrected chi connectivity index (χ3v) is 3.93. The van der Waals surface area contributed by atoms with Crippen LogP contribution in [0, 0.1) is 15.5 Å². The zero-order chi connectivity index (χ0) is 21.1. The standard InChI is InChI=1S/C18H22N4O6/c1-18(2,3)9-14(23)19-6-7-20-15(24)10-21-16(25)12-5-4-11(22(27)28)8-13(12)17(21)26/h4-5,8H,6-7,9-10H2,1-3H3,(H,19,23)(H,20,24). The van der Waals surface area contributed by atoms with Crippen molar-refractivity contribution in [1.29, 1.82) is 0 Å². The van der Waals surface area contributed by atoms with E-state index in [0.29, 0.717) is 6.42 Å². The first kappa shape index (κ1) is 21.0. The van der Waals surface area contributed by atoms with Crippen molar-refractivity contribution in [2.45, 2.75) is 27.2 Å². The van der Waals surface area contributed by atoms with E-state index in [1.165, 1.54) is 6.07 Å². The zero-order valence-corrected chi connectivity index (χ0v) is 15.9. The highest BCUT2D eigenvalue weighted by Crippen LogP contribution is 2.26. The molecule has 1 aromatic rings. The van der Waals surface area contributed by atoms with Crippen LogP contribution in [0.1, 0.15) is 47.9 Å². The summed E-state index contributed by atoms with van der Waals surface area (Å²) in [6.45, 7) is 5.66. The molecule has 2 rings (SSSR count). The van der Waals surface area contributed by atoms with Crippen molar-refractivity contribution in [3.05, 3.63) is 39.4 Å². The van der Waals surface area contributed by atoms with Gasteiger partial charge in [0.05, 0.1) is 16.1 Å². The van der Waals surface area contributed by atoms with Gasteiger partial charge in [-0.2, -0.15) is 0 Å². The molecule has 0 aliphatic carbocycles. The van der Waals surface area contributed by atoms with Gasteiger partial charge in [-0.1, -0.05) is 20.8 Å². The number of nitrogens with zero attached hydrogens (tertiary/aromatic N) is 2. The molecule has 1 aliphatic rings. The highest BCUT2D eigenvalue weighted by Gasteiger charge is 2.37. The molecule has 0 saturated heterocycles. The van der Waals surface area contributed by atoms with Gasteiger partial charge in [0.2, 0.25) is 11.8 Å². The van der Waals surface area contributed by atoms with Gasteiger partial charge in [0.25, 0.3) is 17.5 Å². The van der Waals surface area contributed by atoms with Crippen molar-refractivity contribution in [3.8, 4) is 0 Å². The van der Waals surface area contributed by atoms with E-state index in [-0.39, 0.29) is 41.2 Å². The second-order valence-electron chi connectivity index (χ2n) is 7.62. The molecular weight excluding hydrogens is 368 g/mol. The van der Waals surface area contributed by atoms with Crippen molar-refractivity contribution in [2.75, 3.05) is 19.6 Å². The molecule has 10 nitrogen and oxygen atoms in total. The topological polar surface area (TPSA) is 139 Å². The molecular formula is C18H22N4O6. The molecule has 1 aliphatic heterocycles. The van der Waals surface area contributed by atoms with Gasteiger partial charge in [0.1, 0.15) is 6.54 Å². The molecule has 28 heavy (non-hydrogen) atoms. The maximum Gasteiger partial charge on any atom is 0.270 e. The highest BCUT2D eigenvalue weighted by molar-refractivity contribution is 6.22. The number of hydrogen-bond acceptors (Lipinski definition) is 6. The minimum absolute atomic E-state index is 0.0258. The van der Waals surface area contributed by atoms with Crippen LogP contribution in [0.3, 0.4) is 0 Å². The molecule has 0 fully saturated rings. The predicted octanol–water partition coefficient (Wildman–Crippen LogP) is 0.859. The molecule has 4 amide bonds. The first-order valence-electron chi connectivity index (χ1n) is 8.67. The van der Waals surface area contributed by atoms with Crippen LogP contribution in [0.4, 0.5) is 5.69 Å². The van der Waals surface area contributed by atoms with Gasteiger partial charge in [0, 0.05) is 31.6 Å². The van der Waals surface area contributed by atoms with Gasteiger partial charge in [-0.25, -0.2) is 0 Å². The van der Waals surface area contributed by atoms with E-state index in [4.69, 9.17) is 0 Å². The highest BCUT2D eigenvalue weighted by atomic mass is 16.6. The van der Waals surface area contributed by atoms with Gasteiger partial charge in [0.15, 0.2) is 0 Å². The zero-order valence-electron chi connectivity index (χ0n) is 15.9. The van der Waals surface area contributed by atoms with E-state index in [2.05, 4.69) is 10.6 Å². The molecule has 1 heterocycles. The summed E-state index contributed by atoms with van der Waals surface area (Å²) < 4.78 is 0. The third-order valence-electron chi connectivity index (χ3n) is 3.93. The van der Waals surface area contributed by atoms with Gasteiger partial charge in [-0.3, -0.25) is 34.2 Å². The van der Waals surface area contributed by atoms with Gasteiger partial charge in [-0.05, 0) is 11.5 Å². The number of carbonyl (C=O) groups excluding carboxylic acids is 4. The van der Waals surface area contributed by atoms with Crippen LogP contribution < -0.4 is 10.6 Å². The predicted molar refractivity (Wildman–Crippen MR) is 98.6 cm³/mol. The Morgan fingerprint density at radius 1 is 1.04 bits per heavy atom. The Kier molecular flexibility index (Phi) is 6.12. The average Bonchev–Trinajstić information content (AvgIpc) is 2.81. The fourth-order valence-electron chi connectivity index (χ4n) is 2.68. The average molecular weight is 390 g/mol. The smallest absolute Gasteiger partial charge is 0.270 e. The number of benzene rings is 1. The van der Waals surface area contributed by atoms with E-state index in [1.54, 1.807) is 0 Å². The maximum atomic E-state index is 12.3. The van der Waals surface area contributed by atoms with Crippen molar-refractivity contribution < 1.29 is 24.1 Å². The minimum atomic E-state index is -0.752. The fourth-order valence-corrected chi connectivity index (χ4v) is 2.68. The van der Waals surface area contributed by atoms with Crippen molar-refractivity contribution in [3.63, 3.8) is 0 Å². The summed E-state index contributed by atoms with van der Waals surface area (Å²) in [5.41, 5.74) is -0.523. The first-order chi connectivity index (χ1) is 13.0. The molecule has 150 valence electrons. The summed E-state index contributed by atoms with van der Waals surface area (Å²) in [5.74, 6) is -2.14. The molecule has 0 spiro atoms. The van der Waals surface area contributed by atoms with Crippen molar-refractivity contribution in [1.82, 2.24) is 15.5 Å². The number of amides is 4. The molecule has 0 unspecified atom stereocenters. The van der Waals surface area contributed by atoms with Gasteiger partial charge in [-0.15, -0.1) is 0 Å². The van der Waals surface area contributed by atoms with Crippen LogP contribution in [0.5, 0.6) is 0 Å². The summed E-state index contributed by atoms with van der Waals surface area (Å²) in [5, 5.41) is 16.0. The molecule has 0 radical (unpaired) electrons. The minimum Gasteiger partial charge on any atom is -0.354 e. The lowest BCUT2D eigenvalue weighted by Gasteiger charge is -2.17. The number of imide groups is 1. The number of rotatable bonds is 7. The van der Waals surface area contributed by atoms with Crippen LogP contribution in [-0.4, -0.2) is 53.1 Å².